The van der Waals surface area contributed by atoms with Gasteiger partial charge in [0.05, 0.1) is 6.10 Å². The monoisotopic (exact) mass is 273 g/mol. The highest BCUT2D eigenvalue weighted by Gasteiger charge is 2.17. The van der Waals surface area contributed by atoms with Crippen LogP contribution in [0, 0.1) is 6.92 Å². The van der Waals surface area contributed by atoms with Gasteiger partial charge >= 0.3 is 0 Å². The Morgan fingerprint density at radius 3 is 2.60 bits per heavy atom. The van der Waals surface area contributed by atoms with E-state index in [2.05, 4.69) is 15.9 Å². The molecule has 1 rings (SSSR count). The van der Waals surface area contributed by atoms with E-state index in [-0.39, 0.29) is 0 Å². The van der Waals surface area contributed by atoms with Gasteiger partial charge in [-0.05, 0) is 37.1 Å². The normalized spacial score (nSPS) is 15.0. The second kappa shape index (κ2) is 5.61. The third kappa shape index (κ3) is 3.28. The summed E-state index contributed by atoms with van der Waals surface area (Å²) < 4.78 is 0.992. The highest BCUT2D eigenvalue weighted by Crippen LogP contribution is 2.23. The van der Waals surface area contributed by atoms with Crippen LogP contribution in [0.15, 0.2) is 22.7 Å². The van der Waals surface area contributed by atoms with E-state index in [9.17, 15) is 10.2 Å². The largest absolute Gasteiger partial charge is 0.390 e. The highest BCUT2D eigenvalue weighted by atomic mass is 79.9. The zero-order valence-corrected chi connectivity index (χ0v) is 10.2. The lowest BCUT2D eigenvalue weighted by Crippen LogP contribution is -2.21. The summed E-state index contributed by atoms with van der Waals surface area (Å²) in [5.41, 5.74) is 7.07. The van der Waals surface area contributed by atoms with E-state index in [0.29, 0.717) is 13.0 Å². The van der Waals surface area contributed by atoms with Crippen molar-refractivity contribution in [2.24, 2.45) is 5.73 Å². The molecule has 0 saturated carbocycles. The van der Waals surface area contributed by atoms with Crippen LogP contribution in [0.25, 0.3) is 0 Å². The number of aliphatic hydroxyl groups excluding tert-OH is 2. The number of rotatable bonds is 4. The van der Waals surface area contributed by atoms with Gasteiger partial charge in [0.15, 0.2) is 0 Å². The summed E-state index contributed by atoms with van der Waals surface area (Å²) in [6.07, 6.45) is -1.26. The second-order valence-corrected chi connectivity index (χ2v) is 4.45. The Kier molecular flexibility index (Phi) is 4.73. The molecule has 0 aliphatic heterocycles. The summed E-state index contributed by atoms with van der Waals surface area (Å²) in [6, 6.07) is 5.51. The van der Waals surface area contributed by atoms with Crippen LogP contribution in [0.3, 0.4) is 0 Å². The van der Waals surface area contributed by atoms with Crippen LogP contribution in [0.5, 0.6) is 0 Å². The first-order chi connectivity index (χ1) is 7.06. The van der Waals surface area contributed by atoms with Gasteiger partial charge in [-0.25, -0.2) is 0 Å². The van der Waals surface area contributed by atoms with E-state index in [4.69, 9.17) is 5.73 Å². The number of benzene rings is 1. The molecule has 4 heteroatoms. The van der Waals surface area contributed by atoms with E-state index in [1.165, 1.54) is 0 Å². The van der Waals surface area contributed by atoms with Gasteiger partial charge in [0.25, 0.3) is 0 Å². The summed E-state index contributed by atoms with van der Waals surface area (Å²) in [4.78, 5) is 0. The number of nitrogens with two attached hydrogens (primary N) is 1. The minimum Gasteiger partial charge on any atom is -0.390 e. The molecule has 1 aromatic rings. The van der Waals surface area contributed by atoms with Crippen LogP contribution in [-0.2, 0) is 0 Å². The molecule has 0 radical (unpaired) electrons. The average Bonchev–Trinajstić information content (AvgIpc) is 2.21. The van der Waals surface area contributed by atoms with Gasteiger partial charge in [0, 0.05) is 4.47 Å². The maximum Gasteiger partial charge on any atom is 0.105 e. The Bertz CT molecular complexity index is 330. The first-order valence-corrected chi connectivity index (χ1v) is 5.67. The number of hydrogen-bond acceptors (Lipinski definition) is 3. The number of aliphatic hydroxyl groups is 2. The molecule has 0 heterocycles. The molecule has 4 N–H and O–H groups in total. The Labute approximate surface area is 98.1 Å². The number of hydrogen-bond donors (Lipinski definition) is 3. The molecule has 0 bridgehead atoms. The van der Waals surface area contributed by atoms with Gasteiger partial charge < -0.3 is 15.9 Å². The van der Waals surface area contributed by atoms with Gasteiger partial charge in [0.2, 0.25) is 0 Å². The van der Waals surface area contributed by atoms with Crippen LogP contribution in [0.4, 0.5) is 0 Å². The predicted molar refractivity (Wildman–Crippen MR) is 63.5 cm³/mol. The van der Waals surface area contributed by atoms with E-state index >= 15 is 0 Å². The topological polar surface area (TPSA) is 66.5 Å². The number of aryl methyl sites for hydroxylation is 1. The first kappa shape index (κ1) is 12.6. The molecular formula is C11H16BrNO2. The fourth-order valence-electron chi connectivity index (χ4n) is 1.40. The minimum atomic E-state index is -0.861. The van der Waals surface area contributed by atoms with Crippen molar-refractivity contribution in [2.45, 2.75) is 25.6 Å². The van der Waals surface area contributed by atoms with Crippen molar-refractivity contribution < 1.29 is 10.2 Å². The maximum atomic E-state index is 9.81. The molecule has 0 spiro atoms. The lowest BCUT2D eigenvalue weighted by Gasteiger charge is -2.18. The molecule has 0 aliphatic rings. The highest BCUT2D eigenvalue weighted by molar-refractivity contribution is 9.10. The molecule has 0 saturated heterocycles. The fraction of sp³-hybridized carbons (Fsp3) is 0.455. The Balaban J connectivity index is 2.81. The summed E-state index contributed by atoms with van der Waals surface area (Å²) in [6.45, 7) is 2.31. The van der Waals surface area contributed by atoms with Crippen molar-refractivity contribution in [3.63, 3.8) is 0 Å². The molecule has 0 aromatic heterocycles. The molecule has 0 fully saturated rings. The van der Waals surface area contributed by atoms with E-state index in [0.717, 1.165) is 15.6 Å². The molecular weight excluding hydrogens is 258 g/mol. The zero-order valence-electron chi connectivity index (χ0n) is 8.65. The van der Waals surface area contributed by atoms with Crippen LogP contribution in [0.2, 0.25) is 0 Å². The smallest absolute Gasteiger partial charge is 0.105 e. The maximum absolute atomic E-state index is 9.81. The molecule has 1 aromatic carbocycles. The van der Waals surface area contributed by atoms with Crippen molar-refractivity contribution in [1.82, 2.24) is 0 Å². The molecule has 84 valence electrons. The van der Waals surface area contributed by atoms with E-state index < -0.39 is 12.2 Å². The average molecular weight is 274 g/mol. The van der Waals surface area contributed by atoms with Crippen molar-refractivity contribution in [3.05, 3.63) is 33.8 Å². The van der Waals surface area contributed by atoms with Gasteiger partial charge in [-0.1, -0.05) is 28.1 Å². The summed E-state index contributed by atoms with van der Waals surface area (Å²) in [5, 5.41) is 19.4. The second-order valence-electron chi connectivity index (χ2n) is 3.60. The Morgan fingerprint density at radius 1 is 1.40 bits per heavy atom. The third-order valence-corrected chi connectivity index (χ3v) is 3.24. The van der Waals surface area contributed by atoms with Crippen LogP contribution >= 0.6 is 15.9 Å². The quantitative estimate of drug-likeness (QED) is 0.779. The summed E-state index contributed by atoms with van der Waals surface area (Å²) in [7, 11) is 0. The molecule has 0 aliphatic carbocycles. The molecule has 2 unspecified atom stereocenters. The summed E-state index contributed by atoms with van der Waals surface area (Å²) >= 11 is 3.38. The van der Waals surface area contributed by atoms with Gasteiger partial charge in [-0.3, -0.25) is 0 Å². The lowest BCUT2D eigenvalue weighted by molar-refractivity contribution is 0.0150. The fourth-order valence-corrected chi connectivity index (χ4v) is 1.65. The van der Waals surface area contributed by atoms with Gasteiger partial charge in [-0.15, -0.1) is 0 Å². The molecule has 15 heavy (non-hydrogen) atoms. The summed E-state index contributed by atoms with van der Waals surface area (Å²) in [5.74, 6) is 0. The van der Waals surface area contributed by atoms with Crippen LogP contribution in [0.1, 0.15) is 23.7 Å². The van der Waals surface area contributed by atoms with Crippen LogP contribution < -0.4 is 5.73 Å². The molecule has 2 atom stereocenters. The molecule has 0 amide bonds. The zero-order chi connectivity index (χ0) is 11.4. The Hall–Kier alpha value is -0.420. The third-order valence-electron chi connectivity index (χ3n) is 2.35. The molecule has 3 nitrogen and oxygen atoms in total. The van der Waals surface area contributed by atoms with Gasteiger partial charge in [0.1, 0.15) is 6.10 Å². The van der Waals surface area contributed by atoms with Crippen LogP contribution in [-0.4, -0.2) is 22.9 Å². The van der Waals surface area contributed by atoms with Crippen molar-refractivity contribution in [3.8, 4) is 0 Å². The Morgan fingerprint density at radius 2 is 2.07 bits per heavy atom. The minimum absolute atomic E-state index is 0.369. The number of halogens is 1. The SMILES string of the molecule is Cc1cc(C(O)C(O)CCN)ccc1Br. The lowest BCUT2D eigenvalue weighted by atomic mass is 10.0. The van der Waals surface area contributed by atoms with Crippen molar-refractivity contribution in [2.75, 3.05) is 6.54 Å². The standard InChI is InChI=1S/C11H16BrNO2/c1-7-6-8(2-3-9(7)12)11(15)10(14)4-5-13/h2-3,6,10-11,14-15H,4-5,13H2,1H3. The van der Waals surface area contributed by atoms with Crippen molar-refractivity contribution in [1.29, 1.82) is 0 Å². The van der Waals surface area contributed by atoms with Gasteiger partial charge in [-0.2, -0.15) is 0 Å². The van der Waals surface area contributed by atoms with E-state index in [1.807, 2.05) is 19.1 Å². The predicted octanol–water partition coefficient (Wildman–Crippen LogP) is 1.50. The first-order valence-electron chi connectivity index (χ1n) is 4.88. The van der Waals surface area contributed by atoms with Crippen molar-refractivity contribution >= 4 is 15.9 Å². The van der Waals surface area contributed by atoms with E-state index in [1.54, 1.807) is 6.07 Å².